The van der Waals surface area contributed by atoms with Gasteiger partial charge in [-0.3, -0.25) is 4.79 Å². The first kappa shape index (κ1) is 21.7. The number of rotatable bonds is 7. The molecule has 0 radical (unpaired) electrons. The van der Waals surface area contributed by atoms with Gasteiger partial charge in [0.1, 0.15) is 0 Å². The fourth-order valence-electron chi connectivity index (χ4n) is 3.76. The van der Waals surface area contributed by atoms with E-state index in [1.165, 1.54) is 4.57 Å². The number of H-pyrrole nitrogens is 1. The van der Waals surface area contributed by atoms with Gasteiger partial charge in [-0.15, -0.1) is 0 Å². The van der Waals surface area contributed by atoms with Crippen LogP contribution in [0, 0.1) is 0 Å². The molecule has 0 aliphatic rings. The average molecular weight is 450 g/mol. The Morgan fingerprint density at radius 2 is 1.88 bits per heavy atom. The predicted molar refractivity (Wildman–Crippen MR) is 127 cm³/mol. The lowest BCUT2D eigenvalue weighted by Crippen LogP contribution is -2.11. The highest BCUT2D eigenvalue weighted by atomic mass is 35.5. The second-order valence-electron chi connectivity index (χ2n) is 7.66. The number of hydrogen-bond donors (Lipinski definition) is 3. The summed E-state index contributed by atoms with van der Waals surface area (Å²) in [6.45, 7) is 2.10. The lowest BCUT2D eigenvalue weighted by atomic mass is 10.0. The van der Waals surface area contributed by atoms with Gasteiger partial charge in [0.25, 0.3) is 5.56 Å². The summed E-state index contributed by atoms with van der Waals surface area (Å²) in [5.74, 6) is -0.136. The molecule has 164 valence electrons. The number of benzene rings is 2. The van der Waals surface area contributed by atoms with E-state index in [4.69, 9.17) is 11.6 Å². The van der Waals surface area contributed by atoms with E-state index in [9.17, 15) is 15.0 Å². The number of unbranched alkanes of at least 4 members (excludes halogenated alkanes) is 1. The van der Waals surface area contributed by atoms with E-state index in [1.807, 2.05) is 30.3 Å². The number of nitrogens with zero attached hydrogens (tertiary/aromatic N) is 2. The molecular formula is C25H24ClN3O3. The maximum Gasteiger partial charge on any atom is 0.272 e. The van der Waals surface area contributed by atoms with Crippen molar-refractivity contribution >= 4 is 22.4 Å². The Kier molecular flexibility index (Phi) is 6.32. The quantitative estimate of drug-likeness (QED) is 0.335. The lowest BCUT2D eigenvalue weighted by Gasteiger charge is -2.12. The maximum absolute atomic E-state index is 12.1. The highest BCUT2D eigenvalue weighted by molar-refractivity contribution is 6.32. The predicted octanol–water partition coefficient (Wildman–Crippen LogP) is 5.27. The van der Waals surface area contributed by atoms with Gasteiger partial charge in [-0.2, -0.15) is 5.10 Å². The SMILES string of the molecule is CCCC=CCc1cc(O)n(-c2cc(Cc3n[nH]c(=O)c4ccccc34)ccc2Cl)c1O. The van der Waals surface area contributed by atoms with Gasteiger partial charge >= 0.3 is 0 Å². The van der Waals surface area contributed by atoms with Crippen molar-refractivity contribution in [2.75, 3.05) is 0 Å². The summed E-state index contributed by atoms with van der Waals surface area (Å²) in [4.78, 5) is 12.1. The summed E-state index contributed by atoms with van der Waals surface area (Å²) in [5.41, 5.74) is 2.44. The average Bonchev–Trinajstić information content (AvgIpc) is 3.07. The molecule has 0 fully saturated rings. The van der Waals surface area contributed by atoms with Gasteiger partial charge in [0.15, 0.2) is 5.88 Å². The number of hydrogen-bond acceptors (Lipinski definition) is 4. The molecule has 3 N–H and O–H groups in total. The zero-order chi connectivity index (χ0) is 22.7. The highest BCUT2D eigenvalue weighted by Crippen LogP contribution is 2.36. The van der Waals surface area contributed by atoms with Crippen molar-refractivity contribution in [3.05, 3.63) is 92.9 Å². The lowest BCUT2D eigenvalue weighted by molar-refractivity contribution is 0.401. The monoisotopic (exact) mass is 449 g/mol. The molecule has 0 amide bonds. The number of aromatic nitrogens is 3. The molecule has 0 spiro atoms. The van der Waals surface area contributed by atoms with E-state index < -0.39 is 0 Å². The highest BCUT2D eigenvalue weighted by Gasteiger charge is 2.18. The molecule has 7 heteroatoms. The molecule has 4 rings (SSSR count). The largest absolute Gasteiger partial charge is 0.494 e. The van der Waals surface area contributed by atoms with Crippen LogP contribution in [0.4, 0.5) is 0 Å². The van der Waals surface area contributed by atoms with Crippen molar-refractivity contribution in [1.82, 2.24) is 14.8 Å². The molecule has 0 aliphatic heterocycles. The van der Waals surface area contributed by atoms with Crippen LogP contribution in [0.3, 0.4) is 0 Å². The Morgan fingerprint density at radius 1 is 1.09 bits per heavy atom. The molecule has 2 aromatic heterocycles. The van der Waals surface area contributed by atoms with Crippen LogP contribution in [0.5, 0.6) is 11.8 Å². The third-order valence-corrected chi connectivity index (χ3v) is 5.71. The topological polar surface area (TPSA) is 91.1 Å². The van der Waals surface area contributed by atoms with E-state index in [0.717, 1.165) is 29.5 Å². The molecule has 0 unspecified atom stereocenters. The maximum atomic E-state index is 12.1. The van der Waals surface area contributed by atoms with E-state index in [1.54, 1.807) is 24.3 Å². The number of aromatic amines is 1. The molecule has 32 heavy (non-hydrogen) atoms. The summed E-state index contributed by atoms with van der Waals surface area (Å²) in [6.07, 6.45) is 7.01. The number of halogens is 1. The Balaban J connectivity index is 1.70. The van der Waals surface area contributed by atoms with E-state index in [0.29, 0.717) is 34.5 Å². The van der Waals surface area contributed by atoms with Crippen LogP contribution in [0.25, 0.3) is 16.5 Å². The van der Waals surface area contributed by atoms with Gasteiger partial charge in [0.05, 0.1) is 21.8 Å². The molecule has 6 nitrogen and oxygen atoms in total. The summed E-state index contributed by atoms with van der Waals surface area (Å²) >= 11 is 6.43. The summed E-state index contributed by atoms with van der Waals surface area (Å²) < 4.78 is 1.34. The Morgan fingerprint density at radius 3 is 2.66 bits per heavy atom. The standard InChI is InChI=1S/C25H24ClN3O3/c1-2-3-4-5-8-17-15-23(30)29(25(17)32)22-14-16(11-12-20(22)26)13-21-18-9-6-7-10-19(18)24(31)28-27-21/h4-7,9-12,14-15,30,32H,2-3,8,13H2,1H3,(H,28,31). The van der Waals surface area contributed by atoms with Crippen molar-refractivity contribution in [3.8, 4) is 17.4 Å². The van der Waals surface area contributed by atoms with Crippen LogP contribution >= 0.6 is 11.6 Å². The van der Waals surface area contributed by atoms with Crippen LogP contribution in [0.15, 0.2) is 65.5 Å². The van der Waals surface area contributed by atoms with Crippen molar-refractivity contribution in [2.24, 2.45) is 0 Å². The molecule has 2 aromatic carbocycles. The first-order valence-electron chi connectivity index (χ1n) is 10.5. The van der Waals surface area contributed by atoms with Crippen molar-refractivity contribution in [2.45, 2.75) is 32.6 Å². The molecule has 0 saturated heterocycles. The first-order valence-corrected chi connectivity index (χ1v) is 10.9. The molecule has 0 atom stereocenters. The Bertz CT molecular complexity index is 1350. The van der Waals surface area contributed by atoms with E-state index in [-0.39, 0.29) is 17.3 Å². The molecule has 4 aromatic rings. The van der Waals surface area contributed by atoms with Gasteiger partial charge < -0.3 is 10.2 Å². The number of allylic oxidation sites excluding steroid dienone is 2. The van der Waals surface area contributed by atoms with E-state index in [2.05, 4.69) is 23.2 Å². The van der Waals surface area contributed by atoms with Crippen LogP contribution in [-0.4, -0.2) is 25.0 Å². The summed E-state index contributed by atoms with van der Waals surface area (Å²) in [6, 6.07) is 14.2. The molecule has 0 saturated carbocycles. The second kappa shape index (κ2) is 9.32. The molecule has 2 heterocycles. The first-order chi connectivity index (χ1) is 15.5. The van der Waals surface area contributed by atoms with Crippen LogP contribution in [0.1, 0.15) is 36.6 Å². The minimum absolute atomic E-state index is 0.0460. The Hall–Kier alpha value is -3.51. The van der Waals surface area contributed by atoms with E-state index >= 15 is 0 Å². The van der Waals surface area contributed by atoms with Gasteiger partial charge in [0, 0.05) is 23.4 Å². The zero-order valence-corrected chi connectivity index (χ0v) is 18.4. The van der Waals surface area contributed by atoms with Crippen LogP contribution in [-0.2, 0) is 12.8 Å². The van der Waals surface area contributed by atoms with Crippen LogP contribution < -0.4 is 5.56 Å². The fourth-order valence-corrected chi connectivity index (χ4v) is 3.96. The van der Waals surface area contributed by atoms with Crippen molar-refractivity contribution < 1.29 is 10.2 Å². The minimum atomic E-state index is -0.233. The second-order valence-corrected chi connectivity index (χ2v) is 8.07. The number of nitrogens with one attached hydrogen (secondary N) is 1. The third-order valence-electron chi connectivity index (χ3n) is 5.39. The molecule has 0 aliphatic carbocycles. The third kappa shape index (κ3) is 4.27. The van der Waals surface area contributed by atoms with Gasteiger partial charge in [-0.05, 0) is 36.6 Å². The normalized spacial score (nSPS) is 11.6. The van der Waals surface area contributed by atoms with Gasteiger partial charge in [-0.1, -0.05) is 61.4 Å². The van der Waals surface area contributed by atoms with Crippen molar-refractivity contribution in [3.63, 3.8) is 0 Å². The summed E-state index contributed by atoms with van der Waals surface area (Å²) in [7, 11) is 0. The Labute approximate surface area is 190 Å². The van der Waals surface area contributed by atoms with Gasteiger partial charge in [0.2, 0.25) is 5.88 Å². The minimum Gasteiger partial charge on any atom is -0.494 e. The molecule has 0 bridgehead atoms. The van der Waals surface area contributed by atoms with Crippen LogP contribution in [0.2, 0.25) is 5.02 Å². The summed E-state index contributed by atoms with van der Waals surface area (Å²) in [5, 5.41) is 29.8. The fraction of sp³-hybridized carbons (Fsp3) is 0.200. The van der Waals surface area contributed by atoms with Crippen molar-refractivity contribution in [1.29, 1.82) is 0 Å². The van der Waals surface area contributed by atoms with Gasteiger partial charge in [-0.25, -0.2) is 9.67 Å². The molecular weight excluding hydrogens is 426 g/mol. The smallest absolute Gasteiger partial charge is 0.272 e. The zero-order valence-electron chi connectivity index (χ0n) is 17.7. The number of fused-ring (bicyclic) bond motifs is 1. The number of aromatic hydroxyl groups is 2.